The summed E-state index contributed by atoms with van der Waals surface area (Å²) in [5, 5.41) is 3.29. The van der Waals surface area contributed by atoms with Crippen LogP contribution in [0.5, 0.6) is 5.75 Å². The first kappa shape index (κ1) is 15.6. The zero-order valence-electron chi connectivity index (χ0n) is 13.0. The maximum atomic E-state index is 5.85. The molecule has 0 heterocycles. The Bertz CT molecular complexity index is 507. The molecule has 1 unspecified atom stereocenters. The van der Waals surface area contributed by atoms with Gasteiger partial charge in [0.15, 0.2) is 0 Å². The molecule has 0 saturated carbocycles. The van der Waals surface area contributed by atoms with Gasteiger partial charge >= 0.3 is 0 Å². The smallest absolute Gasteiger partial charge is 0.119 e. The van der Waals surface area contributed by atoms with E-state index in [-0.39, 0.29) is 0 Å². The van der Waals surface area contributed by atoms with E-state index in [1.807, 2.05) is 7.05 Å². The van der Waals surface area contributed by atoms with Gasteiger partial charge in [0.05, 0.1) is 0 Å². The molecular formula is C19H25NO. The van der Waals surface area contributed by atoms with Crippen molar-refractivity contribution in [1.82, 2.24) is 5.32 Å². The average Bonchev–Trinajstić information content (AvgIpc) is 2.54. The molecule has 0 aliphatic rings. The number of likely N-dealkylation sites (N-methyl/N-ethyl adjacent to an activating group) is 1. The molecule has 2 aromatic carbocycles. The topological polar surface area (TPSA) is 21.3 Å². The van der Waals surface area contributed by atoms with Gasteiger partial charge in [-0.3, -0.25) is 0 Å². The van der Waals surface area contributed by atoms with Crippen LogP contribution in [0.1, 0.15) is 30.9 Å². The van der Waals surface area contributed by atoms with E-state index in [4.69, 9.17) is 4.74 Å². The minimum atomic E-state index is 0.430. The van der Waals surface area contributed by atoms with Gasteiger partial charge in [-0.15, -0.1) is 0 Å². The first-order valence-electron chi connectivity index (χ1n) is 7.74. The van der Waals surface area contributed by atoms with E-state index >= 15 is 0 Å². The van der Waals surface area contributed by atoms with E-state index in [0.717, 1.165) is 25.2 Å². The molecule has 0 aliphatic heterocycles. The summed E-state index contributed by atoms with van der Waals surface area (Å²) in [4.78, 5) is 0. The van der Waals surface area contributed by atoms with E-state index in [9.17, 15) is 0 Å². The number of hydrogen-bond donors (Lipinski definition) is 1. The Balaban J connectivity index is 1.87. The van der Waals surface area contributed by atoms with Crippen LogP contribution < -0.4 is 10.1 Å². The fourth-order valence-corrected chi connectivity index (χ4v) is 2.39. The van der Waals surface area contributed by atoms with Gasteiger partial charge in [0.25, 0.3) is 0 Å². The lowest BCUT2D eigenvalue weighted by molar-refractivity contribution is 0.262. The minimum Gasteiger partial charge on any atom is -0.492 e. The van der Waals surface area contributed by atoms with E-state index in [1.54, 1.807) is 0 Å². The Morgan fingerprint density at radius 3 is 2.24 bits per heavy atom. The zero-order valence-corrected chi connectivity index (χ0v) is 13.0. The highest BCUT2D eigenvalue weighted by Crippen LogP contribution is 2.15. The highest BCUT2D eigenvalue weighted by atomic mass is 16.5. The Labute approximate surface area is 128 Å². The molecule has 1 N–H and O–H groups in total. The van der Waals surface area contributed by atoms with Gasteiger partial charge in [0.2, 0.25) is 0 Å². The van der Waals surface area contributed by atoms with Gasteiger partial charge in [-0.25, -0.2) is 0 Å². The predicted octanol–water partition coefficient (Wildman–Crippen LogP) is 4.04. The van der Waals surface area contributed by atoms with Crippen molar-refractivity contribution in [1.29, 1.82) is 0 Å². The summed E-state index contributed by atoms with van der Waals surface area (Å²) in [6.45, 7) is 2.92. The van der Waals surface area contributed by atoms with Crippen LogP contribution in [0.2, 0.25) is 0 Å². The summed E-state index contributed by atoms with van der Waals surface area (Å²) in [7, 11) is 1.99. The summed E-state index contributed by atoms with van der Waals surface area (Å²) in [5.74, 6) is 0.947. The largest absolute Gasteiger partial charge is 0.492 e. The van der Waals surface area contributed by atoms with E-state index in [0.29, 0.717) is 6.04 Å². The van der Waals surface area contributed by atoms with Crippen molar-refractivity contribution in [2.75, 3.05) is 13.7 Å². The molecule has 2 nitrogen and oxygen atoms in total. The zero-order chi connectivity index (χ0) is 14.9. The van der Waals surface area contributed by atoms with Gasteiger partial charge in [-0.1, -0.05) is 55.8 Å². The SMILES string of the molecule is CCCC(COc1ccc(Cc2ccccc2)cc1)NC. The van der Waals surface area contributed by atoms with Crippen molar-refractivity contribution in [2.45, 2.75) is 32.2 Å². The van der Waals surface area contributed by atoms with Crippen LogP contribution in [0.15, 0.2) is 54.6 Å². The Kier molecular flexibility index (Phi) is 6.29. The molecule has 2 aromatic rings. The third-order valence-corrected chi connectivity index (χ3v) is 3.67. The number of rotatable bonds is 8. The molecule has 0 saturated heterocycles. The number of nitrogens with one attached hydrogen (secondary N) is 1. The van der Waals surface area contributed by atoms with Crippen molar-refractivity contribution in [3.63, 3.8) is 0 Å². The van der Waals surface area contributed by atoms with Crippen molar-refractivity contribution in [3.05, 3.63) is 65.7 Å². The molecule has 0 radical (unpaired) electrons. The molecule has 0 aromatic heterocycles. The van der Waals surface area contributed by atoms with Crippen LogP contribution in [0.25, 0.3) is 0 Å². The maximum Gasteiger partial charge on any atom is 0.119 e. The molecule has 0 fully saturated rings. The standard InChI is InChI=1S/C19H25NO/c1-3-7-18(20-2)15-21-19-12-10-17(11-13-19)14-16-8-5-4-6-9-16/h4-6,8-13,18,20H,3,7,14-15H2,1-2H3. The van der Waals surface area contributed by atoms with Crippen molar-refractivity contribution >= 4 is 0 Å². The fraction of sp³-hybridized carbons (Fsp3) is 0.368. The number of ether oxygens (including phenoxy) is 1. The van der Waals surface area contributed by atoms with Gasteiger partial charge < -0.3 is 10.1 Å². The van der Waals surface area contributed by atoms with Crippen molar-refractivity contribution in [3.8, 4) is 5.75 Å². The van der Waals surface area contributed by atoms with E-state index < -0.39 is 0 Å². The van der Waals surface area contributed by atoms with Crippen LogP contribution in [-0.2, 0) is 6.42 Å². The molecule has 1 atom stereocenters. The maximum absolute atomic E-state index is 5.85. The van der Waals surface area contributed by atoms with Gasteiger partial charge in [-0.2, -0.15) is 0 Å². The van der Waals surface area contributed by atoms with E-state index in [2.05, 4.69) is 66.8 Å². The van der Waals surface area contributed by atoms with Crippen LogP contribution >= 0.6 is 0 Å². The summed E-state index contributed by atoms with van der Waals surface area (Å²) in [6, 6.07) is 19.4. The van der Waals surface area contributed by atoms with Gasteiger partial charge in [0.1, 0.15) is 12.4 Å². The highest BCUT2D eigenvalue weighted by molar-refractivity contribution is 5.31. The monoisotopic (exact) mass is 283 g/mol. The summed E-state index contributed by atoms with van der Waals surface area (Å²) in [5.41, 5.74) is 2.65. The van der Waals surface area contributed by atoms with Crippen LogP contribution in [0, 0.1) is 0 Å². The third kappa shape index (κ3) is 5.24. The highest BCUT2D eigenvalue weighted by Gasteiger charge is 2.05. The second-order valence-corrected chi connectivity index (χ2v) is 5.39. The molecule has 0 spiro atoms. The second kappa shape index (κ2) is 8.48. The Morgan fingerprint density at radius 1 is 0.952 bits per heavy atom. The quantitative estimate of drug-likeness (QED) is 0.789. The molecule has 0 aliphatic carbocycles. The molecule has 21 heavy (non-hydrogen) atoms. The third-order valence-electron chi connectivity index (χ3n) is 3.67. The predicted molar refractivity (Wildman–Crippen MR) is 88.9 cm³/mol. The second-order valence-electron chi connectivity index (χ2n) is 5.39. The molecule has 112 valence electrons. The molecule has 2 heteroatoms. The normalized spacial score (nSPS) is 12.1. The molecular weight excluding hydrogens is 258 g/mol. The summed E-state index contributed by atoms with van der Waals surface area (Å²) < 4.78 is 5.85. The first-order valence-corrected chi connectivity index (χ1v) is 7.74. The Morgan fingerprint density at radius 2 is 1.62 bits per heavy atom. The van der Waals surface area contributed by atoms with Crippen LogP contribution in [0.4, 0.5) is 0 Å². The minimum absolute atomic E-state index is 0.430. The molecule has 0 bridgehead atoms. The van der Waals surface area contributed by atoms with Crippen LogP contribution in [0.3, 0.4) is 0 Å². The lowest BCUT2D eigenvalue weighted by Gasteiger charge is -2.16. The first-order chi connectivity index (χ1) is 10.3. The van der Waals surface area contributed by atoms with Gasteiger partial charge in [0, 0.05) is 6.04 Å². The van der Waals surface area contributed by atoms with Crippen LogP contribution in [-0.4, -0.2) is 19.7 Å². The summed E-state index contributed by atoms with van der Waals surface area (Å²) >= 11 is 0. The summed E-state index contributed by atoms with van der Waals surface area (Å²) in [6.07, 6.45) is 3.28. The number of hydrogen-bond acceptors (Lipinski definition) is 2. The van der Waals surface area contributed by atoms with Gasteiger partial charge in [-0.05, 0) is 43.1 Å². The fourth-order valence-electron chi connectivity index (χ4n) is 2.39. The average molecular weight is 283 g/mol. The van der Waals surface area contributed by atoms with Crippen molar-refractivity contribution < 1.29 is 4.74 Å². The number of benzene rings is 2. The molecule has 0 amide bonds. The molecule has 2 rings (SSSR count). The Hall–Kier alpha value is -1.80. The van der Waals surface area contributed by atoms with Crippen molar-refractivity contribution in [2.24, 2.45) is 0 Å². The van der Waals surface area contributed by atoms with E-state index in [1.165, 1.54) is 17.5 Å². The lowest BCUT2D eigenvalue weighted by atomic mass is 10.1. The lowest BCUT2D eigenvalue weighted by Crippen LogP contribution is -2.31.